The zero-order chi connectivity index (χ0) is 15.2. The maximum atomic E-state index is 12.2. The number of hydrogen-bond acceptors (Lipinski definition) is 5. The van der Waals surface area contributed by atoms with Crippen LogP contribution in [0.1, 0.15) is 5.56 Å². The Balaban J connectivity index is 1.88. The quantitative estimate of drug-likeness (QED) is 0.815. The molecule has 0 aliphatic carbocycles. The van der Waals surface area contributed by atoms with Crippen LogP contribution in [0.5, 0.6) is 11.5 Å². The van der Waals surface area contributed by atoms with Crippen LogP contribution in [0.25, 0.3) is 0 Å². The number of carbonyl (C=O) groups is 1. The average Bonchev–Trinajstić information content (AvgIpc) is 2.50. The fourth-order valence-electron chi connectivity index (χ4n) is 2.40. The van der Waals surface area contributed by atoms with Gasteiger partial charge >= 0.3 is 0 Å². The first-order valence-corrected chi connectivity index (χ1v) is 7.13. The Labute approximate surface area is 125 Å². The van der Waals surface area contributed by atoms with Gasteiger partial charge in [0.15, 0.2) is 0 Å². The molecule has 0 atom stereocenters. The minimum absolute atomic E-state index is 0.131. The molecule has 1 aliphatic heterocycles. The molecule has 6 heteroatoms. The van der Waals surface area contributed by atoms with Gasteiger partial charge in [0.05, 0.1) is 13.7 Å². The Morgan fingerprint density at radius 2 is 2.14 bits per heavy atom. The highest BCUT2D eigenvalue weighted by molar-refractivity contribution is 5.78. The van der Waals surface area contributed by atoms with Crippen LogP contribution in [-0.4, -0.2) is 67.7 Å². The van der Waals surface area contributed by atoms with Gasteiger partial charge in [-0.3, -0.25) is 9.69 Å². The SMILES string of the molecule is COc1ccc(CN(C)CC(=O)N2CCNCC2)c(O)c1. The maximum Gasteiger partial charge on any atom is 0.236 e. The number of nitrogens with zero attached hydrogens (tertiary/aromatic N) is 2. The molecule has 1 heterocycles. The summed E-state index contributed by atoms with van der Waals surface area (Å²) in [5.41, 5.74) is 0.784. The van der Waals surface area contributed by atoms with Gasteiger partial charge in [0, 0.05) is 44.4 Å². The molecule has 1 fully saturated rings. The molecule has 2 rings (SSSR count). The summed E-state index contributed by atoms with van der Waals surface area (Å²) in [6.07, 6.45) is 0. The third-order valence-electron chi connectivity index (χ3n) is 3.61. The van der Waals surface area contributed by atoms with Crippen molar-refractivity contribution in [3.8, 4) is 11.5 Å². The van der Waals surface area contributed by atoms with E-state index in [0.29, 0.717) is 18.8 Å². The van der Waals surface area contributed by atoms with Gasteiger partial charge in [0.1, 0.15) is 11.5 Å². The molecule has 2 N–H and O–H groups in total. The number of methoxy groups -OCH3 is 1. The van der Waals surface area contributed by atoms with Gasteiger partial charge in [0.25, 0.3) is 0 Å². The lowest BCUT2D eigenvalue weighted by molar-refractivity contribution is -0.132. The first-order valence-electron chi connectivity index (χ1n) is 7.13. The number of phenols is 1. The number of ether oxygens (including phenoxy) is 1. The summed E-state index contributed by atoms with van der Waals surface area (Å²) in [7, 11) is 3.44. The predicted octanol–water partition coefficient (Wildman–Crippen LogP) is 0.264. The summed E-state index contributed by atoms with van der Waals surface area (Å²) in [4.78, 5) is 15.9. The molecule has 6 nitrogen and oxygen atoms in total. The van der Waals surface area contributed by atoms with E-state index in [1.807, 2.05) is 22.9 Å². The number of carbonyl (C=O) groups excluding carboxylic acids is 1. The van der Waals surface area contributed by atoms with Gasteiger partial charge in [-0.25, -0.2) is 0 Å². The molecular weight excluding hydrogens is 270 g/mol. The lowest BCUT2D eigenvalue weighted by Crippen LogP contribution is -2.49. The van der Waals surface area contributed by atoms with Crippen molar-refractivity contribution in [2.75, 3.05) is 46.9 Å². The normalized spacial score (nSPS) is 15.3. The molecule has 21 heavy (non-hydrogen) atoms. The van der Waals surface area contributed by atoms with Crippen molar-refractivity contribution >= 4 is 5.91 Å². The van der Waals surface area contributed by atoms with E-state index in [0.717, 1.165) is 31.7 Å². The van der Waals surface area contributed by atoms with E-state index >= 15 is 0 Å². The van der Waals surface area contributed by atoms with Crippen molar-refractivity contribution in [1.29, 1.82) is 0 Å². The third kappa shape index (κ3) is 4.34. The Morgan fingerprint density at radius 1 is 1.43 bits per heavy atom. The molecule has 1 aromatic rings. The second kappa shape index (κ2) is 7.28. The van der Waals surface area contributed by atoms with Crippen LogP contribution in [0.2, 0.25) is 0 Å². The minimum Gasteiger partial charge on any atom is -0.507 e. The molecular formula is C15H23N3O3. The highest BCUT2D eigenvalue weighted by Crippen LogP contribution is 2.24. The van der Waals surface area contributed by atoms with Crippen LogP contribution >= 0.6 is 0 Å². The molecule has 1 saturated heterocycles. The molecule has 0 radical (unpaired) electrons. The summed E-state index contributed by atoms with van der Waals surface area (Å²) >= 11 is 0. The average molecular weight is 293 g/mol. The van der Waals surface area contributed by atoms with Gasteiger partial charge < -0.3 is 20.1 Å². The Morgan fingerprint density at radius 3 is 2.76 bits per heavy atom. The van der Waals surface area contributed by atoms with E-state index in [-0.39, 0.29) is 11.7 Å². The Hall–Kier alpha value is -1.79. The van der Waals surface area contributed by atoms with Gasteiger partial charge in [-0.15, -0.1) is 0 Å². The molecule has 0 aromatic heterocycles. The number of hydrogen-bond donors (Lipinski definition) is 2. The third-order valence-corrected chi connectivity index (χ3v) is 3.61. The smallest absolute Gasteiger partial charge is 0.236 e. The number of aromatic hydroxyl groups is 1. The second-order valence-electron chi connectivity index (χ2n) is 5.30. The van der Waals surface area contributed by atoms with E-state index in [1.54, 1.807) is 19.2 Å². The number of rotatable bonds is 5. The van der Waals surface area contributed by atoms with Crippen LogP contribution in [0, 0.1) is 0 Å². The van der Waals surface area contributed by atoms with Crippen molar-refractivity contribution < 1.29 is 14.6 Å². The summed E-state index contributed by atoms with van der Waals surface area (Å²) in [6, 6.07) is 5.21. The van der Waals surface area contributed by atoms with Crippen molar-refractivity contribution in [2.45, 2.75) is 6.54 Å². The van der Waals surface area contributed by atoms with Gasteiger partial charge in [0.2, 0.25) is 5.91 Å². The summed E-state index contributed by atoms with van der Waals surface area (Å²) in [5, 5.41) is 13.2. The minimum atomic E-state index is 0.131. The van der Waals surface area contributed by atoms with Crippen molar-refractivity contribution in [2.24, 2.45) is 0 Å². The van der Waals surface area contributed by atoms with Crippen LogP contribution in [-0.2, 0) is 11.3 Å². The summed E-state index contributed by atoms with van der Waals surface area (Å²) in [5.74, 6) is 0.943. The fraction of sp³-hybridized carbons (Fsp3) is 0.533. The largest absolute Gasteiger partial charge is 0.507 e. The number of piperazine rings is 1. The van der Waals surface area contributed by atoms with E-state index in [9.17, 15) is 9.90 Å². The van der Waals surface area contributed by atoms with Crippen LogP contribution in [0.3, 0.4) is 0 Å². The molecule has 1 amide bonds. The monoisotopic (exact) mass is 293 g/mol. The van der Waals surface area contributed by atoms with Crippen molar-refractivity contribution in [1.82, 2.24) is 15.1 Å². The van der Waals surface area contributed by atoms with Crippen LogP contribution in [0.15, 0.2) is 18.2 Å². The number of amides is 1. The molecule has 0 unspecified atom stereocenters. The molecule has 0 saturated carbocycles. The zero-order valence-electron chi connectivity index (χ0n) is 12.6. The lowest BCUT2D eigenvalue weighted by Gasteiger charge is -2.29. The zero-order valence-corrected chi connectivity index (χ0v) is 12.6. The van der Waals surface area contributed by atoms with Crippen molar-refractivity contribution in [3.05, 3.63) is 23.8 Å². The lowest BCUT2D eigenvalue weighted by atomic mass is 10.2. The number of phenolic OH excluding ortho intramolecular Hbond substituents is 1. The number of likely N-dealkylation sites (N-methyl/N-ethyl adjacent to an activating group) is 1. The van der Waals surface area contributed by atoms with Gasteiger partial charge in [-0.05, 0) is 13.1 Å². The highest BCUT2D eigenvalue weighted by atomic mass is 16.5. The Kier molecular flexibility index (Phi) is 5.41. The predicted molar refractivity (Wildman–Crippen MR) is 80.4 cm³/mol. The van der Waals surface area contributed by atoms with E-state index in [1.165, 1.54) is 0 Å². The maximum absolute atomic E-state index is 12.2. The van der Waals surface area contributed by atoms with E-state index in [2.05, 4.69) is 5.32 Å². The first-order chi connectivity index (χ1) is 10.1. The Bertz CT molecular complexity index is 487. The molecule has 0 bridgehead atoms. The van der Waals surface area contributed by atoms with Gasteiger partial charge in [-0.1, -0.05) is 6.07 Å². The fourth-order valence-corrected chi connectivity index (χ4v) is 2.40. The summed E-state index contributed by atoms with van der Waals surface area (Å²) in [6.45, 7) is 4.11. The molecule has 1 aliphatic rings. The van der Waals surface area contributed by atoms with Crippen LogP contribution in [0.4, 0.5) is 0 Å². The second-order valence-corrected chi connectivity index (χ2v) is 5.30. The van der Waals surface area contributed by atoms with Crippen LogP contribution < -0.4 is 10.1 Å². The van der Waals surface area contributed by atoms with Crippen molar-refractivity contribution in [3.63, 3.8) is 0 Å². The molecule has 0 spiro atoms. The van der Waals surface area contributed by atoms with Gasteiger partial charge in [-0.2, -0.15) is 0 Å². The number of nitrogens with one attached hydrogen (secondary N) is 1. The highest BCUT2D eigenvalue weighted by Gasteiger charge is 2.18. The number of benzene rings is 1. The first kappa shape index (κ1) is 15.6. The summed E-state index contributed by atoms with van der Waals surface area (Å²) < 4.78 is 5.06. The topological polar surface area (TPSA) is 65.0 Å². The molecule has 1 aromatic carbocycles. The van der Waals surface area contributed by atoms with E-state index < -0.39 is 0 Å². The standard InChI is InChI=1S/C15H23N3O3/c1-17(11-15(20)18-7-5-16-6-8-18)10-12-3-4-13(21-2)9-14(12)19/h3-4,9,16,19H,5-8,10-11H2,1-2H3. The van der Waals surface area contributed by atoms with E-state index in [4.69, 9.17) is 4.74 Å². The molecule has 116 valence electrons.